The van der Waals surface area contributed by atoms with Gasteiger partial charge in [0.2, 0.25) is 5.91 Å². The number of amides is 2. The molecule has 3 rings (SSSR count). The van der Waals surface area contributed by atoms with Crippen molar-refractivity contribution in [1.29, 1.82) is 0 Å². The van der Waals surface area contributed by atoms with Crippen molar-refractivity contribution in [2.75, 3.05) is 5.32 Å². The molecule has 0 atom stereocenters. The zero-order valence-electron chi connectivity index (χ0n) is 17.1. The van der Waals surface area contributed by atoms with E-state index in [1.807, 2.05) is 44.2 Å². The first kappa shape index (κ1) is 21.0. The Morgan fingerprint density at radius 1 is 1.00 bits per heavy atom. The van der Waals surface area contributed by atoms with Gasteiger partial charge in [0.25, 0.3) is 5.91 Å². The number of hydrogen-bond acceptors (Lipinski definition) is 4. The Morgan fingerprint density at radius 3 is 2.50 bits per heavy atom. The molecule has 0 unspecified atom stereocenters. The lowest BCUT2D eigenvalue weighted by Gasteiger charge is -2.10. The normalized spacial score (nSPS) is 10.5. The molecule has 0 aliphatic heterocycles. The molecule has 0 aliphatic rings. The van der Waals surface area contributed by atoms with Gasteiger partial charge in [0.05, 0.1) is 6.42 Å². The summed E-state index contributed by atoms with van der Waals surface area (Å²) >= 11 is 0. The van der Waals surface area contributed by atoms with E-state index in [2.05, 4.69) is 15.6 Å². The summed E-state index contributed by atoms with van der Waals surface area (Å²) in [6, 6.07) is 18.2. The van der Waals surface area contributed by atoms with E-state index < -0.39 is 0 Å². The van der Waals surface area contributed by atoms with E-state index in [1.165, 1.54) is 0 Å². The number of nitrogens with one attached hydrogen (secondary N) is 2. The van der Waals surface area contributed by atoms with Crippen LogP contribution in [0.4, 0.5) is 5.69 Å². The monoisotopic (exact) mass is 403 g/mol. The first-order chi connectivity index (χ1) is 14.5. The lowest BCUT2D eigenvalue weighted by atomic mass is 10.1. The first-order valence-electron chi connectivity index (χ1n) is 9.81. The quantitative estimate of drug-likeness (QED) is 0.596. The van der Waals surface area contributed by atoms with Crippen molar-refractivity contribution in [1.82, 2.24) is 10.3 Å². The van der Waals surface area contributed by atoms with Gasteiger partial charge in [0, 0.05) is 35.2 Å². The van der Waals surface area contributed by atoms with E-state index >= 15 is 0 Å². The third kappa shape index (κ3) is 6.44. The number of carbonyl (C=O) groups is 2. The lowest BCUT2D eigenvalue weighted by molar-refractivity contribution is -0.120. The van der Waals surface area contributed by atoms with Crippen molar-refractivity contribution < 1.29 is 14.3 Å². The Kier molecular flexibility index (Phi) is 7.16. The summed E-state index contributed by atoms with van der Waals surface area (Å²) in [4.78, 5) is 28.5. The summed E-state index contributed by atoms with van der Waals surface area (Å²) in [6.07, 6.45) is 3.76. The van der Waals surface area contributed by atoms with Gasteiger partial charge in [-0.3, -0.25) is 14.6 Å². The second-order valence-electron chi connectivity index (χ2n) is 7.23. The van der Waals surface area contributed by atoms with E-state index in [-0.39, 0.29) is 17.9 Å². The molecule has 2 N–H and O–H groups in total. The van der Waals surface area contributed by atoms with Crippen LogP contribution in [0.5, 0.6) is 5.75 Å². The first-order valence-corrected chi connectivity index (χ1v) is 9.81. The van der Waals surface area contributed by atoms with E-state index in [4.69, 9.17) is 4.74 Å². The maximum absolute atomic E-state index is 12.6. The van der Waals surface area contributed by atoms with Gasteiger partial charge in [-0.1, -0.05) is 24.3 Å². The molecule has 6 nitrogen and oxygen atoms in total. The summed E-state index contributed by atoms with van der Waals surface area (Å²) in [7, 11) is 0. The summed E-state index contributed by atoms with van der Waals surface area (Å²) in [6.45, 7) is 4.23. The maximum atomic E-state index is 12.6. The molecule has 0 aliphatic carbocycles. The highest BCUT2D eigenvalue weighted by Gasteiger charge is 2.09. The second kappa shape index (κ2) is 10.2. The average molecular weight is 403 g/mol. The van der Waals surface area contributed by atoms with Crippen LogP contribution in [0, 0.1) is 0 Å². The molecule has 6 heteroatoms. The van der Waals surface area contributed by atoms with E-state index in [0.29, 0.717) is 30.0 Å². The van der Waals surface area contributed by atoms with E-state index in [9.17, 15) is 9.59 Å². The molecule has 0 bridgehead atoms. The van der Waals surface area contributed by atoms with Gasteiger partial charge >= 0.3 is 0 Å². The number of rotatable bonds is 8. The van der Waals surface area contributed by atoms with Gasteiger partial charge in [0.15, 0.2) is 0 Å². The molecule has 0 fully saturated rings. The van der Waals surface area contributed by atoms with Crippen molar-refractivity contribution in [2.45, 2.75) is 32.9 Å². The Balaban J connectivity index is 1.57. The van der Waals surface area contributed by atoms with Crippen LogP contribution < -0.4 is 15.4 Å². The van der Waals surface area contributed by atoms with Gasteiger partial charge in [-0.05, 0) is 55.8 Å². The largest absolute Gasteiger partial charge is 0.489 e. The molecule has 30 heavy (non-hydrogen) atoms. The van der Waals surface area contributed by atoms with Crippen LogP contribution in [-0.4, -0.2) is 22.8 Å². The van der Waals surface area contributed by atoms with E-state index in [0.717, 1.165) is 11.1 Å². The summed E-state index contributed by atoms with van der Waals surface area (Å²) in [5.41, 5.74) is 3.00. The van der Waals surface area contributed by atoms with Gasteiger partial charge in [-0.15, -0.1) is 0 Å². The molecule has 3 aromatic rings. The summed E-state index contributed by atoms with van der Waals surface area (Å²) in [5.74, 6) is 0.357. The Morgan fingerprint density at radius 2 is 1.80 bits per heavy atom. The third-order valence-corrected chi connectivity index (χ3v) is 4.25. The fourth-order valence-corrected chi connectivity index (χ4v) is 2.84. The maximum Gasteiger partial charge on any atom is 0.255 e. The molecule has 0 radical (unpaired) electrons. The predicted octanol–water partition coefficient (Wildman–Crippen LogP) is 3.98. The molecule has 1 aromatic heterocycles. The van der Waals surface area contributed by atoms with E-state index in [1.54, 1.807) is 42.7 Å². The topological polar surface area (TPSA) is 80.3 Å². The zero-order chi connectivity index (χ0) is 21.3. The van der Waals surface area contributed by atoms with Crippen LogP contribution in [-0.2, 0) is 17.8 Å². The van der Waals surface area contributed by atoms with Crippen LogP contribution >= 0.6 is 0 Å². The molecule has 0 spiro atoms. The lowest BCUT2D eigenvalue weighted by Crippen LogP contribution is -2.31. The number of ether oxygens (including phenoxy) is 1. The standard InChI is InChI=1S/C24H25N3O3/c1-17(2)26-23(28)13-18-8-10-21(11-9-18)27-24(29)20-6-3-7-22(14-20)30-16-19-5-4-12-25-15-19/h3-12,14-15,17H,13,16H2,1-2H3,(H,26,28)(H,27,29). The van der Waals surface area contributed by atoms with Crippen molar-refractivity contribution in [3.63, 3.8) is 0 Å². The molecule has 1 heterocycles. The van der Waals surface area contributed by atoms with Crippen molar-refractivity contribution in [3.8, 4) is 5.75 Å². The zero-order valence-corrected chi connectivity index (χ0v) is 17.1. The molecule has 0 saturated heterocycles. The number of nitrogens with zero attached hydrogens (tertiary/aromatic N) is 1. The van der Waals surface area contributed by atoms with Crippen molar-refractivity contribution >= 4 is 17.5 Å². The van der Waals surface area contributed by atoms with Crippen LogP contribution in [0.3, 0.4) is 0 Å². The molecule has 2 aromatic carbocycles. The van der Waals surface area contributed by atoms with Crippen LogP contribution in [0.2, 0.25) is 0 Å². The highest BCUT2D eigenvalue weighted by molar-refractivity contribution is 6.04. The van der Waals surface area contributed by atoms with Gasteiger partial charge in [0.1, 0.15) is 12.4 Å². The predicted molar refractivity (Wildman–Crippen MR) is 116 cm³/mol. The number of benzene rings is 2. The highest BCUT2D eigenvalue weighted by Crippen LogP contribution is 2.17. The molecular weight excluding hydrogens is 378 g/mol. The number of pyridine rings is 1. The minimum Gasteiger partial charge on any atom is -0.489 e. The third-order valence-electron chi connectivity index (χ3n) is 4.25. The Labute approximate surface area is 176 Å². The average Bonchev–Trinajstić information content (AvgIpc) is 2.74. The number of carbonyl (C=O) groups excluding carboxylic acids is 2. The smallest absolute Gasteiger partial charge is 0.255 e. The highest BCUT2D eigenvalue weighted by atomic mass is 16.5. The van der Waals surface area contributed by atoms with Crippen molar-refractivity contribution in [3.05, 3.63) is 89.7 Å². The fourth-order valence-electron chi connectivity index (χ4n) is 2.84. The SMILES string of the molecule is CC(C)NC(=O)Cc1ccc(NC(=O)c2cccc(OCc3cccnc3)c2)cc1. The number of hydrogen-bond donors (Lipinski definition) is 2. The Hall–Kier alpha value is -3.67. The number of aromatic nitrogens is 1. The Bertz CT molecular complexity index is 986. The second-order valence-corrected chi connectivity index (χ2v) is 7.23. The van der Waals surface area contributed by atoms with Crippen LogP contribution in [0.15, 0.2) is 73.1 Å². The van der Waals surface area contributed by atoms with Gasteiger partial charge in [-0.25, -0.2) is 0 Å². The van der Waals surface area contributed by atoms with Crippen molar-refractivity contribution in [2.24, 2.45) is 0 Å². The minimum atomic E-state index is -0.230. The fraction of sp³-hybridized carbons (Fsp3) is 0.208. The molecule has 2 amide bonds. The molecule has 154 valence electrons. The number of anilines is 1. The molecule has 0 saturated carbocycles. The van der Waals surface area contributed by atoms with Crippen LogP contribution in [0.25, 0.3) is 0 Å². The molecular formula is C24H25N3O3. The van der Waals surface area contributed by atoms with Crippen LogP contribution in [0.1, 0.15) is 35.3 Å². The summed E-state index contributed by atoms with van der Waals surface area (Å²) < 4.78 is 5.76. The van der Waals surface area contributed by atoms with Gasteiger partial charge in [-0.2, -0.15) is 0 Å². The van der Waals surface area contributed by atoms with Gasteiger partial charge < -0.3 is 15.4 Å². The minimum absolute atomic E-state index is 0.0233. The summed E-state index contributed by atoms with van der Waals surface area (Å²) in [5, 5.41) is 5.73.